The van der Waals surface area contributed by atoms with Crippen LogP contribution >= 0.6 is 11.6 Å². The number of benzene rings is 2. The average Bonchev–Trinajstić information content (AvgIpc) is 2.56. The number of carbonyl (C=O) groups is 1. The number of amides is 1. The molecule has 0 saturated carbocycles. The minimum atomic E-state index is -0.504. The van der Waals surface area contributed by atoms with Gasteiger partial charge in [0.05, 0.1) is 22.1 Å². The fourth-order valence-corrected chi connectivity index (χ4v) is 2.79. The Labute approximate surface area is 148 Å². The molecule has 130 valence electrons. The van der Waals surface area contributed by atoms with Gasteiger partial charge in [0, 0.05) is 12.1 Å². The summed E-state index contributed by atoms with van der Waals surface area (Å²) in [5.41, 5.74) is 1.72. The van der Waals surface area contributed by atoms with E-state index in [9.17, 15) is 14.9 Å². The van der Waals surface area contributed by atoms with Crippen LogP contribution in [0.2, 0.25) is 5.02 Å². The molecule has 8 heteroatoms. The first-order valence-corrected chi connectivity index (χ1v) is 7.95. The average molecular weight is 363 g/mol. The van der Waals surface area contributed by atoms with Gasteiger partial charge >= 0.3 is 0 Å². The van der Waals surface area contributed by atoms with Crippen molar-refractivity contribution in [1.29, 1.82) is 0 Å². The van der Waals surface area contributed by atoms with E-state index in [0.717, 1.165) is 5.56 Å². The van der Waals surface area contributed by atoms with E-state index in [2.05, 4.69) is 5.32 Å². The standard InChI is InChI=1S/C17H15ClN2O5/c1-10-2-3-12(20(22)23)9-14(10)19-16(21)8-11-6-13(18)17-15(7-11)24-4-5-25-17/h2-3,6-7,9H,4-5,8H2,1H3,(H,19,21). The van der Waals surface area contributed by atoms with Crippen molar-refractivity contribution in [3.63, 3.8) is 0 Å². The Morgan fingerprint density at radius 3 is 2.80 bits per heavy atom. The first kappa shape index (κ1) is 17.0. The molecular formula is C17H15ClN2O5. The van der Waals surface area contributed by atoms with E-state index in [1.165, 1.54) is 12.1 Å². The molecule has 1 amide bonds. The van der Waals surface area contributed by atoms with Gasteiger partial charge < -0.3 is 14.8 Å². The Balaban J connectivity index is 1.76. The number of non-ortho nitro benzene ring substituents is 1. The molecule has 0 spiro atoms. The molecule has 0 atom stereocenters. The van der Waals surface area contributed by atoms with Crippen LogP contribution in [0.25, 0.3) is 0 Å². The molecule has 0 radical (unpaired) electrons. The van der Waals surface area contributed by atoms with E-state index in [4.69, 9.17) is 21.1 Å². The SMILES string of the molecule is Cc1ccc([N+](=O)[O-])cc1NC(=O)Cc1cc(Cl)c2c(c1)OCCO2. The number of nitro groups is 1. The van der Waals surface area contributed by atoms with Gasteiger partial charge in [0.1, 0.15) is 13.2 Å². The Morgan fingerprint density at radius 2 is 2.04 bits per heavy atom. The molecule has 7 nitrogen and oxygen atoms in total. The minimum Gasteiger partial charge on any atom is -0.486 e. The number of nitrogens with zero attached hydrogens (tertiary/aromatic N) is 1. The van der Waals surface area contributed by atoms with Crippen LogP contribution < -0.4 is 14.8 Å². The molecule has 1 aliphatic rings. The van der Waals surface area contributed by atoms with E-state index in [0.29, 0.717) is 41.0 Å². The highest BCUT2D eigenvalue weighted by Crippen LogP contribution is 2.38. The lowest BCUT2D eigenvalue weighted by Crippen LogP contribution is -2.18. The lowest BCUT2D eigenvalue weighted by atomic mass is 10.1. The number of hydrogen-bond acceptors (Lipinski definition) is 5. The Morgan fingerprint density at radius 1 is 1.28 bits per heavy atom. The Hall–Kier alpha value is -2.80. The number of aryl methyl sites for hydroxylation is 1. The number of ether oxygens (including phenoxy) is 2. The Bertz CT molecular complexity index is 853. The van der Waals surface area contributed by atoms with E-state index in [-0.39, 0.29) is 18.0 Å². The second-order valence-corrected chi connectivity index (χ2v) is 5.99. The molecule has 1 heterocycles. The van der Waals surface area contributed by atoms with Gasteiger partial charge in [0.15, 0.2) is 11.5 Å². The molecule has 0 fully saturated rings. The van der Waals surface area contributed by atoms with Crippen molar-refractivity contribution in [1.82, 2.24) is 0 Å². The largest absolute Gasteiger partial charge is 0.486 e. The third-order valence-electron chi connectivity index (χ3n) is 3.73. The summed E-state index contributed by atoms with van der Waals surface area (Å²) in [6.45, 7) is 2.62. The number of nitrogens with one attached hydrogen (secondary N) is 1. The molecule has 3 rings (SSSR count). The zero-order valence-corrected chi connectivity index (χ0v) is 14.1. The maximum atomic E-state index is 12.3. The summed E-state index contributed by atoms with van der Waals surface area (Å²) >= 11 is 6.16. The molecule has 0 aliphatic carbocycles. The third kappa shape index (κ3) is 3.83. The lowest BCUT2D eigenvalue weighted by Gasteiger charge is -2.20. The highest BCUT2D eigenvalue weighted by atomic mass is 35.5. The van der Waals surface area contributed by atoms with Crippen molar-refractivity contribution in [3.05, 3.63) is 56.6 Å². The van der Waals surface area contributed by atoms with E-state index < -0.39 is 4.92 Å². The number of rotatable bonds is 4. The summed E-state index contributed by atoms with van der Waals surface area (Å²) in [5, 5.41) is 13.9. The second kappa shape index (κ2) is 6.98. The molecule has 1 aliphatic heterocycles. The summed E-state index contributed by atoms with van der Waals surface area (Å²) in [6.07, 6.45) is 0.0541. The van der Waals surface area contributed by atoms with Crippen LogP contribution in [0.4, 0.5) is 11.4 Å². The molecule has 1 N–H and O–H groups in total. The van der Waals surface area contributed by atoms with Gasteiger partial charge in [-0.2, -0.15) is 0 Å². The number of halogens is 1. The van der Waals surface area contributed by atoms with Crippen molar-refractivity contribution >= 4 is 28.9 Å². The first-order chi connectivity index (χ1) is 11.9. The van der Waals surface area contributed by atoms with Gasteiger partial charge in [-0.25, -0.2) is 0 Å². The van der Waals surface area contributed by atoms with Gasteiger partial charge in [-0.15, -0.1) is 0 Å². The van der Waals surface area contributed by atoms with Gasteiger partial charge in [-0.1, -0.05) is 17.7 Å². The zero-order valence-electron chi connectivity index (χ0n) is 13.4. The van der Waals surface area contributed by atoms with E-state index in [1.54, 1.807) is 25.1 Å². The number of fused-ring (bicyclic) bond motifs is 1. The normalized spacial score (nSPS) is 12.6. The number of hydrogen-bond donors (Lipinski definition) is 1. The van der Waals surface area contributed by atoms with E-state index in [1.807, 2.05) is 0 Å². The fourth-order valence-electron chi connectivity index (χ4n) is 2.50. The number of nitro benzene ring substituents is 1. The Kier molecular flexibility index (Phi) is 4.76. The highest BCUT2D eigenvalue weighted by molar-refractivity contribution is 6.32. The van der Waals surface area contributed by atoms with E-state index >= 15 is 0 Å². The smallest absolute Gasteiger partial charge is 0.271 e. The van der Waals surface area contributed by atoms with Crippen molar-refractivity contribution in [2.75, 3.05) is 18.5 Å². The van der Waals surface area contributed by atoms with Crippen molar-refractivity contribution < 1.29 is 19.2 Å². The molecule has 0 unspecified atom stereocenters. The molecular weight excluding hydrogens is 348 g/mol. The van der Waals surface area contributed by atoms with Crippen molar-refractivity contribution in [3.8, 4) is 11.5 Å². The predicted molar refractivity (Wildman–Crippen MR) is 92.6 cm³/mol. The monoisotopic (exact) mass is 362 g/mol. The van der Waals surface area contributed by atoms with Crippen LogP contribution in [0.5, 0.6) is 11.5 Å². The summed E-state index contributed by atoms with van der Waals surface area (Å²) in [5.74, 6) is 0.677. The quantitative estimate of drug-likeness (QED) is 0.664. The maximum absolute atomic E-state index is 12.3. The van der Waals surface area contributed by atoms with Crippen LogP contribution in [-0.2, 0) is 11.2 Å². The number of anilines is 1. The van der Waals surface area contributed by atoms with Crippen LogP contribution in [0.3, 0.4) is 0 Å². The summed E-state index contributed by atoms with van der Waals surface area (Å²) in [4.78, 5) is 22.7. The minimum absolute atomic E-state index is 0.0541. The highest BCUT2D eigenvalue weighted by Gasteiger charge is 2.18. The topological polar surface area (TPSA) is 90.7 Å². The molecule has 0 saturated heterocycles. The molecule has 2 aromatic rings. The molecule has 0 aromatic heterocycles. The lowest BCUT2D eigenvalue weighted by molar-refractivity contribution is -0.384. The number of carbonyl (C=O) groups excluding carboxylic acids is 1. The first-order valence-electron chi connectivity index (χ1n) is 7.57. The second-order valence-electron chi connectivity index (χ2n) is 5.58. The predicted octanol–water partition coefficient (Wildman–Crippen LogP) is 3.51. The van der Waals surface area contributed by atoms with Crippen molar-refractivity contribution in [2.45, 2.75) is 13.3 Å². The maximum Gasteiger partial charge on any atom is 0.271 e. The van der Waals surface area contributed by atoms with Crippen molar-refractivity contribution in [2.24, 2.45) is 0 Å². The van der Waals surface area contributed by atoms with Gasteiger partial charge in [-0.3, -0.25) is 14.9 Å². The van der Waals surface area contributed by atoms with Crippen LogP contribution in [0.1, 0.15) is 11.1 Å². The van der Waals surface area contributed by atoms with Gasteiger partial charge in [-0.05, 0) is 30.2 Å². The fraction of sp³-hybridized carbons (Fsp3) is 0.235. The summed E-state index contributed by atoms with van der Waals surface area (Å²) in [6, 6.07) is 7.68. The van der Waals surface area contributed by atoms with Crippen LogP contribution in [-0.4, -0.2) is 24.0 Å². The molecule has 25 heavy (non-hydrogen) atoms. The molecule has 2 aromatic carbocycles. The van der Waals surface area contributed by atoms with Gasteiger partial charge in [0.25, 0.3) is 5.69 Å². The van der Waals surface area contributed by atoms with Crippen LogP contribution in [0, 0.1) is 17.0 Å². The van der Waals surface area contributed by atoms with Gasteiger partial charge in [0.2, 0.25) is 5.91 Å². The summed E-state index contributed by atoms with van der Waals surface area (Å²) in [7, 11) is 0. The molecule has 0 bridgehead atoms. The zero-order chi connectivity index (χ0) is 18.0. The third-order valence-corrected chi connectivity index (χ3v) is 4.01. The van der Waals surface area contributed by atoms with Crippen LogP contribution in [0.15, 0.2) is 30.3 Å². The summed E-state index contributed by atoms with van der Waals surface area (Å²) < 4.78 is 10.9.